The lowest BCUT2D eigenvalue weighted by molar-refractivity contribution is -0.147. The second kappa shape index (κ2) is 6.61. The standard InChI is InChI=1S/C16H20O5/c1-10-5-3-2-4-6-13(18)16-11(8-15(20)21-10)7-12(17)9-14(16)19/h7,9-10,17,19H,2-6,8H2,1H3/i8+1,15+1. The molecule has 1 aromatic rings. The van der Waals surface area contributed by atoms with Crippen molar-refractivity contribution >= 4 is 11.8 Å². The zero-order valence-electron chi connectivity index (χ0n) is 12.1. The Labute approximate surface area is 123 Å². The normalized spacial score (nSPS) is 20.9. The van der Waals surface area contributed by atoms with E-state index in [9.17, 15) is 19.8 Å². The molecule has 1 heterocycles. The minimum atomic E-state index is -0.456. The number of hydrogen-bond acceptors (Lipinski definition) is 5. The lowest BCUT2D eigenvalue weighted by atomic mass is 9.99. The van der Waals surface area contributed by atoms with Crippen molar-refractivity contribution in [1.82, 2.24) is 0 Å². The number of aromatic hydroxyl groups is 2. The number of esters is 1. The number of cyclic esters (lactones) is 1. The van der Waals surface area contributed by atoms with Crippen LogP contribution in [0.2, 0.25) is 0 Å². The number of Topliss-reactive ketones (excluding diaryl/α,β-unsaturated/α-hetero) is 1. The summed E-state index contributed by atoms with van der Waals surface area (Å²) in [5, 5.41) is 19.5. The van der Waals surface area contributed by atoms with E-state index in [0.717, 1.165) is 31.7 Å². The molecule has 0 amide bonds. The third-order valence-corrected chi connectivity index (χ3v) is 3.64. The number of hydrogen-bond donors (Lipinski definition) is 2. The van der Waals surface area contributed by atoms with Gasteiger partial charge in [0, 0.05) is 12.5 Å². The molecule has 21 heavy (non-hydrogen) atoms. The number of benzene rings is 1. The van der Waals surface area contributed by atoms with E-state index >= 15 is 0 Å². The van der Waals surface area contributed by atoms with E-state index < -0.39 is 5.97 Å². The van der Waals surface area contributed by atoms with Crippen LogP contribution in [0.5, 0.6) is 11.5 Å². The molecule has 0 radical (unpaired) electrons. The van der Waals surface area contributed by atoms with Gasteiger partial charge in [-0.3, -0.25) is 9.59 Å². The third kappa shape index (κ3) is 3.97. The molecule has 0 aliphatic carbocycles. The van der Waals surface area contributed by atoms with E-state index in [1.165, 1.54) is 6.07 Å². The molecule has 1 aliphatic rings. The molecule has 2 N–H and O–H groups in total. The lowest BCUT2D eigenvalue weighted by Crippen LogP contribution is -2.18. The van der Waals surface area contributed by atoms with Crippen LogP contribution in [0.1, 0.15) is 54.9 Å². The quantitative estimate of drug-likeness (QED) is 0.568. The Balaban J connectivity index is 2.36. The highest BCUT2D eigenvalue weighted by molar-refractivity contribution is 6.01. The molecule has 1 unspecified atom stereocenters. The average molecular weight is 294 g/mol. The summed E-state index contributed by atoms with van der Waals surface area (Å²) in [5.74, 6) is -1.12. The fourth-order valence-corrected chi connectivity index (χ4v) is 2.63. The molecule has 1 aliphatic heterocycles. The molecular weight excluding hydrogens is 274 g/mol. The van der Waals surface area contributed by atoms with Crippen molar-refractivity contribution in [3.05, 3.63) is 23.3 Å². The Bertz CT molecular complexity index is 550. The van der Waals surface area contributed by atoms with Crippen LogP contribution in [0.25, 0.3) is 0 Å². The summed E-state index contributed by atoms with van der Waals surface area (Å²) in [6.45, 7) is 1.84. The van der Waals surface area contributed by atoms with Gasteiger partial charge in [-0.1, -0.05) is 6.42 Å². The van der Waals surface area contributed by atoms with Crippen LogP contribution in [-0.2, 0) is 16.0 Å². The summed E-state index contributed by atoms with van der Waals surface area (Å²) >= 11 is 0. The number of phenolic OH excluding ortho intramolecular Hbond substituents is 2. The van der Waals surface area contributed by atoms with Crippen molar-refractivity contribution in [2.24, 2.45) is 0 Å². The van der Waals surface area contributed by atoms with E-state index in [-0.39, 0.29) is 35.4 Å². The Morgan fingerprint density at radius 1 is 1.14 bits per heavy atom. The summed E-state index contributed by atoms with van der Waals surface area (Å²) in [6, 6.07) is 2.46. The highest BCUT2D eigenvalue weighted by Crippen LogP contribution is 2.30. The molecule has 0 fully saturated rings. The van der Waals surface area contributed by atoms with E-state index in [2.05, 4.69) is 0 Å². The van der Waals surface area contributed by atoms with Crippen LogP contribution in [-0.4, -0.2) is 28.1 Å². The first-order valence-electron chi connectivity index (χ1n) is 7.25. The number of ether oxygens (including phenoxy) is 1. The van der Waals surface area contributed by atoms with E-state index in [1.54, 1.807) is 0 Å². The molecule has 5 nitrogen and oxygen atoms in total. The largest absolute Gasteiger partial charge is 0.508 e. The third-order valence-electron chi connectivity index (χ3n) is 3.64. The SMILES string of the molecule is CC1CCCCCC(=O)c2c(O)cc(O)cc2[13CH2][13C](=O)O1. The Kier molecular flexibility index (Phi) is 4.83. The highest BCUT2D eigenvalue weighted by atomic mass is 16.6. The topological polar surface area (TPSA) is 83.8 Å². The molecule has 2 rings (SSSR count). The van der Waals surface area contributed by atoms with Crippen LogP contribution in [0.3, 0.4) is 0 Å². The monoisotopic (exact) mass is 294 g/mol. The Hall–Kier alpha value is -2.04. The number of fused-ring (bicyclic) bond motifs is 1. The van der Waals surface area contributed by atoms with Gasteiger partial charge in [0.1, 0.15) is 11.5 Å². The molecule has 0 aromatic heterocycles. The Morgan fingerprint density at radius 2 is 1.90 bits per heavy atom. The zero-order chi connectivity index (χ0) is 15.4. The molecule has 5 heteroatoms. The molecule has 0 spiro atoms. The van der Waals surface area contributed by atoms with E-state index in [0.29, 0.717) is 12.0 Å². The predicted octanol–water partition coefficient (Wildman–Crippen LogP) is 2.72. The first kappa shape index (κ1) is 15.4. The number of carbonyl (C=O) groups is 2. The number of carbonyl (C=O) groups excluding carboxylic acids is 2. The van der Waals surface area contributed by atoms with Crippen LogP contribution < -0.4 is 0 Å². The van der Waals surface area contributed by atoms with Gasteiger partial charge < -0.3 is 14.9 Å². The van der Waals surface area contributed by atoms with Gasteiger partial charge in [0.15, 0.2) is 5.78 Å². The second-order valence-corrected chi connectivity index (χ2v) is 5.50. The fourth-order valence-electron chi connectivity index (χ4n) is 2.63. The van der Waals surface area contributed by atoms with Gasteiger partial charge in [-0.15, -0.1) is 0 Å². The van der Waals surface area contributed by atoms with Gasteiger partial charge in [0.25, 0.3) is 0 Å². The first-order valence-corrected chi connectivity index (χ1v) is 7.25. The van der Waals surface area contributed by atoms with Gasteiger partial charge in [-0.2, -0.15) is 0 Å². The minimum Gasteiger partial charge on any atom is -0.508 e. The van der Waals surface area contributed by atoms with Gasteiger partial charge in [0.05, 0.1) is 18.1 Å². The van der Waals surface area contributed by atoms with Crippen LogP contribution >= 0.6 is 0 Å². The Morgan fingerprint density at radius 3 is 2.67 bits per heavy atom. The summed E-state index contributed by atoms with van der Waals surface area (Å²) in [6.07, 6.45) is 3.32. The molecule has 0 bridgehead atoms. The highest BCUT2D eigenvalue weighted by Gasteiger charge is 2.21. The van der Waals surface area contributed by atoms with Crippen molar-refractivity contribution < 1.29 is 24.5 Å². The van der Waals surface area contributed by atoms with Crippen molar-refractivity contribution in [3.63, 3.8) is 0 Å². The lowest BCUT2D eigenvalue weighted by Gasteiger charge is -2.16. The number of rotatable bonds is 0. The van der Waals surface area contributed by atoms with E-state index in [4.69, 9.17) is 4.74 Å². The molecule has 114 valence electrons. The fraction of sp³-hybridized carbons (Fsp3) is 0.500. The van der Waals surface area contributed by atoms with Crippen molar-refractivity contribution in [1.29, 1.82) is 0 Å². The average Bonchev–Trinajstić information content (AvgIpc) is 2.35. The number of phenols is 2. The van der Waals surface area contributed by atoms with Crippen molar-refractivity contribution in [2.45, 2.75) is 51.6 Å². The summed E-state index contributed by atoms with van der Waals surface area (Å²) < 4.78 is 5.28. The van der Waals surface area contributed by atoms with E-state index in [1.807, 2.05) is 6.92 Å². The summed E-state index contributed by atoms with van der Waals surface area (Å²) in [5.41, 5.74) is 0.438. The van der Waals surface area contributed by atoms with Gasteiger partial charge in [0.2, 0.25) is 0 Å². The minimum absolute atomic E-state index is 0.123. The maximum absolute atomic E-state index is 12.2. The molecule has 0 saturated heterocycles. The van der Waals surface area contributed by atoms with Crippen LogP contribution in [0, 0.1) is 0 Å². The molecule has 1 aromatic carbocycles. The molecular formula is C16H20O5. The summed E-state index contributed by atoms with van der Waals surface area (Å²) in [4.78, 5) is 24.1. The van der Waals surface area contributed by atoms with Crippen LogP contribution in [0.15, 0.2) is 12.1 Å². The first-order chi connectivity index (χ1) is 9.97. The van der Waals surface area contributed by atoms with Crippen molar-refractivity contribution in [2.75, 3.05) is 0 Å². The van der Waals surface area contributed by atoms with Crippen molar-refractivity contribution in [3.8, 4) is 11.5 Å². The second-order valence-electron chi connectivity index (χ2n) is 5.50. The van der Waals surface area contributed by atoms with Gasteiger partial charge in [-0.05, 0) is 37.8 Å². The molecule has 1 atom stereocenters. The number of ketones is 1. The van der Waals surface area contributed by atoms with Crippen LogP contribution in [0.4, 0.5) is 0 Å². The molecule has 0 saturated carbocycles. The van der Waals surface area contributed by atoms with Gasteiger partial charge in [-0.25, -0.2) is 0 Å². The van der Waals surface area contributed by atoms with Gasteiger partial charge >= 0.3 is 5.97 Å². The predicted molar refractivity (Wildman–Crippen MR) is 76.4 cm³/mol. The maximum Gasteiger partial charge on any atom is 0.310 e. The zero-order valence-corrected chi connectivity index (χ0v) is 12.1. The summed E-state index contributed by atoms with van der Waals surface area (Å²) in [7, 11) is 0. The maximum atomic E-state index is 12.2. The smallest absolute Gasteiger partial charge is 0.310 e.